The average molecular weight is 214 g/mol. The van der Waals surface area contributed by atoms with Crippen LogP contribution < -0.4 is 5.32 Å². The van der Waals surface area contributed by atoms with Crippen molar-refractivity contribution in [1.29, 1.82) is 0 Å². The number of aryl methyl sites for hydroxylation is 1. The minimum Gasteiger partial charge on any atom is -0.349 e. The summed E-state index contributed by atoms with van der Waals surface area (Å²) in [6.07, 6.45) is 3.32. The van der Waals surface area contributed by atoms with Crippen LogP contribution in [0.25, 0.3) is 0 Å². The number of fused-ring (bicyclic) bond motifs is 1. The Balaban J connectivity index is 2.00. The second-order valence-electron chi connectivity index (χ2n) is 3.39. The van der Waals surface area contributed by atoms with Crippen molar-refractivity contribution in [2.75, 3.05) is 5.88 Å². The van der Waals surface area contributed by atoms with E-state index in [1.54, 1.807) is 0 Å². The van der Waals surface area contributed by atoms with Gasteiger partial charge in [-0.25, -0.2) is 0 Å². The molecular weight excluding hydrogens is 202 g/mol. The Labute approximate surface area is 87.0 Å². The highest BCUT2D eigenvalue weighted by Gasteiger charge is 2.18. The van der Waals surface area contributed by atoms with Crippen LogP contribution in [0.2, 0.25) is 0 Å². The summed E-state index contributed by atoms with van der Waals surface area (Å²) < 4.78 is 0. The second-order valence-corrected chi connectivity index (χ2v) is 3.66. The molecule has 0 radical (unpaired) electrons. The summed E-state index contributed by atoms with van der Waals surface area (Å²) >= 11 is 5.37. The van der Waals surface area contributed by atoms with Gasteiger partial charge in [0.2, 0.25) is 5.91 Å². The van der Waals surface area contributed by atoms with Gasteiger partial charge < -0.3 is 5.32 Å². The molecule has 5 heteroatoms. The normalized spacial score (nSPS) is 14.1. The molecule has 1 aliphatic rings. The standard InChI is InChI=1S/C9H12ClN3O/c10-4-9(14)11-5-8-6-2-1-3-7(6)12-13-8/h1-5H2,(H,11,14)(H,12,13). The van der Waals surface area contributed by atoms with Crippen LogP contribution in [0.4, 0.5) is 0 Å². The van der Waals surface area contributed by atoms with Gasteiger partial charge in [-0.15, -0.1) is 11.6 Å². The number of carbonyl (C=O) groups excluding carboxylic acids is 1. The summed E-state index contributed by atoms with van der Waals surface area (Å²) in [5.74, 6) is -0.145. The first-order valence-corrected chi connectivity index (χ1v) is 5.22. The van der Waals surface area contributed by atoms with E-state index >= 15 is 0 Å². The fourth-order valence-corrected chi connectivity index (χ4v) is 1.86. The van der Waals surface area contributed by atoms with Crippen LogP contribution in [0.3, 0.4) is 0 Å². The topological polar surface area (TPSA) is 57.8 Å². The molecule has 0 saturated carbocycles. The van der Waals surface area contributed by atoms with Crippen molar-refractivity contribution < 1.29 is 4.79 Å². The molecule has 14 heavy (non-hydrogen) atoms. The van der Waals surface area contributed by atoms with Gasteiger partial charge in [0.15, 0.2) is 0 Å². The van der Waals surface area contributed by atoms with Gasteiger partial charge in [-0.05, 0) is 24.8 Å². The molecule has 0 atom stereocenters. The molecular formula is C9H12ClN3O. The zero-order valence-electron chi connectivity index (χ0n) is 7.77. The number of aromatic nitrogens is 2. The maximum Gasteiger partial charge on any atom is 0.235 e. The molecule has 76 valence electrons. The minimum atomic E-state index is -0.151. The summed E-state index contributed by atoms with van der Waals surface area (Å²) in [7, 11) is 0. The van der Waals surface area contributed by atoms with Crippen LogP contribution in [-0.4, -0.2) is 22.0 Å². The Kier molecular flexibility index (Phi) is 2.72. The van der Waals surface area contributed by atoms with Crippen LogP contribution in [0.5, 0.6) is 0 Å². The number of rotatable bonds is 3. The highest BCUT2D eigenvalue weighted by Crippen LogP contribution is 2.22. The third-order valence-electron chi connectivity index (χ3n) is 2.47. The zero-order valence-corrected chi connectivity index (χ0v) is 8.52. The molecule has 1 aromatic heterocycles. The fraction of sp³-hybridized carbons (Fsp3) is 0.556. The lowest BCUT2D eigenvalue weighted by Gasteiger charge is -2.00. The lowest BCUT2D eigenvalue weighted by Crippen LogP contribution is -2.24. The molecule has 2 rings (SSSR count). The average Bonchev–Trinajstić information content (AvgIpc) is 2.76. The minimum absolute atomic E-state index is 0.00656. The Bertz CT molecular complexity index is 348. The summed E-state index contributed by atoms with van der Waals surface area (Å²) in [6, 6.07) is 0. The molecule has 1 heterocycles. The van der Waals surface area contributed by atoms with Gasteiger partial charge in [-0.2, -0.15) is 5.10 Å². The SMILES string of the molecule is O=C(CCl)NCc1n[nH]c2c1CCC2. The monoisotopic (exact) mass is 213 g/mol. The maximum absolute atomic E-state index is 10.9. The molecule has 0 fully saturated rings. The smallest absolute Gasteiger partial charge is 0.235 e. The molecule has 1 aromatic rings. The summed E-state index contributed by atoms with van der Waals surface area (Å²) in [4.78, 5) is 10.9. The molecule has 0 bridgehead atoms. The van der Waals surface area contributed by atoms with Crippen molar-refractivity contribution in [2.24, 2.45) is 0 Å². The van der Waals surface area contributed by atoms with E-state index in [2.05, 4.69) is 15.5 Å². The van der Waals surface area contributed by atoms with E-state index < -0.39 is 0 Å². The molecule has 0 saturated heterocycles. The van der Waals surface area contributed by atoms with Crippen molar-refractivity contribution >= 4 is 17.5 Å². The Hall–Kier alpha value is -1.03. The van der Waals surface area contributed by atoms with Crippen LogP contribution >= 0.6 is 11.6 Å². The van der Waals surface area contributed by atoms with Crippen molar-refractivity contribution in [1.82, 2.24) is 15.5 Å². The third kappa shape index (κ3) is 1.75. The van der Waals surface area contributed by atoms with Crippen molar-refractivity contribution in [3.63, 3.8) is 0 Å². The molecule has 2 N–H and O–H groups in total. The fourth-order valence-electron chi connectivity index (χ4n) is 1.76. The Morgan fingerprint density at radius 2 is 2.43 bits per heavy atom. The number of amides is 1. The first-order valence-electron chi connectivity index (χ1n) is 4.69. The van der Waals surface area contributed by atoms with E-state index in [9.17, 15) is 4.79 Å². The predicted molar refractivity (Wildman–Crippen MR) is 53.2 cm³/mol. The van der Waals surface area contributed by atoms with Gasteiger partial charge in [-0.1, -0.05) is 0 Å². The molecule has 0 aliphatic heterocycles. The Morgan fingerprint density at radius 3 is 3.21 bits per heavy atom. The number of nitrogens with one attached hydrogen (secondary N) is 2. The number of alkyl halides is 1. The van der Waals surface area contributed by atoms with Crippen LogP contribution in [0, 0.1) is 0 Å². The van der Waals surface area contributed by atoms with Crippen LogP contribution in [0.15, 0.2) is 0 Å². The molecule has 1 amide bonds. The maximum atomic E-state index is 10.9. The molecule has 1 aliphatic carbocycles. The van der Waals surface area contributed by atoms with Gasteiger partial charge >= 0.3 is 0 Å². The number of carbonyl (C=O) groups is 1. The Morgan fingerprint density at radius 1 is 1.57 bits per heavy atom. The number of hydrogen-bond donors (Lipinski definition) is 2. The number of H-pyrrole nitrogens is 1. The van der Waals surface area contributed by atoms with Crippen LogP contribution in [0.1, 0.15) is 23.4 Å². The second kappa shape index (κ2) is 4.00. The van der Waals surface area contributed by atoms with Crippen molar-refractivity contribution in [3.8, 4) is 0 Å². The van der Waals surface area contributed by atoms with Crippen LogP contribution in [-0.2, 0) is 24.2 Å². The lowest BCUT2D eigenvalue weighted by molar-refractivity contribution is -0.118. The molecule has 0 aromatic carbocycles. The third-order valence-corrected chi connectivity index (χ3v) is 2.71. The van der Waals surface area contributed by atoms with Gasteiger partial charge in [0.1, 0.15) is 5.88 Å². The summed E-state index contributed by atoms with van der Waals surface area (Å²) in [5, 5.41) is 9.87. The lowest BCUT2D eigenvalue weighted by atomic mass is 10.2. The van der Waals surface area contributed by atoms with Crippen molar-refractivity contribution in [2.45, 2.75) is 25.8 Å². The summed E-state index contributed by atoms with van der Waals surface area (Å²) in [5.41, 5.74) is 3.45. The van der Waals surface area contributed by atoms with E-state index in [4.69, 9.17) is 11.6 Å². The first-order chi connectivity index (χ1) is 6.81. The van der Waals surface area contributed by atoms with Gasteiger partial charge in [0, 0.05) is 5.69 Å². The van der Waals surface area contributed by atoms with Gasteiger partial charge in [0.05, 0.1) is 12.2 Å². The first kappa shape index (κ1) is 9.52. The van der Waals surface area contributed by atoms with E-state index in [0.29, 0.717) is 6.54 Å². The number of aromatic amines is 1. The van der Waals surface area contributed by atoms with E-state index in [-0.39, 0.29) is 11.8 Å². The highest BCUT2D eigenvalue weighted by molar-refractivity contribution is 6.27. The molecule has 0 unspecified atom stereocenters. The van der Waals surface area contributed by atoms with E-state index in [1.165, 1.54) is 17.7 Å². The predicted octanol–water partition coefficient (Wildman–Crippen LogP) is 0.753. The van der Waals surface area contributed by atoms with Gasteiger partial charge in [-0.3, -0.25) is 9.89 Å². The number of halogens is 1. The van der Waals surface area contributed by atoms with E-state index in [1.807, 2.05) is 0 Å². The van der Waals surface area contributed by atoms with Crippen molar-refractivity contribution in [3.05, 3.63) is 17.0 Å². The zero-order chi connectivity index (χ0) is 9.97. The number of nitrogens with zero attached hydrogens (tertiary/aromatic N) is 1. The quantitative estimate of drug-likeness (QED) is 0.729. The summed E-state index contributed by atoms with van der Waals surface area (Å²) in [6.45, 7) is 0.484. The largest absolute Gasteiger partial charge is 0.349 e. The van der Waals surface area contributed by atoms with E-state index in [0.717, 1.165) is 18.5 Å². The molecule has 0 spiro atoms. The van der Waals surface area contributed by atoms with Gasteiger partial charge in [0.25, 0.3) is 0 Å². The highest BCUT2D eigenvalue weighted by atomic mass is 35.5. The number of hydrogen-bond acceptors (Lipinski definition) is 2. The molecule has 4 nitrogen and oxygen atoms in total.